The normalized spacial score (nSPS) is 13.8. The third-order valence-electron chi connectivity index (χ3n) is 2.87. The molecule has 0 saturated heterocycles. The Kier molecular flexibility index (Phi) is 7.54. The molecule has 6 heteroatoms. The molecule has 0 aliphatic rings. The van der Waals surface area contributed by atoms with E-state index in [4.69, 9.17) is 16.3 Å². The maximum Gasteiger partial charge on any atom is 0.236 e. The molecule has 20 heavy (non-hydrogen) atoms. The van der Waals surface area contributed by atoms with Gasteiger partial charge in [-0.15, -0.1) is 0 Å². The van der Waals surface area contributed by atoms with Gasteiger partial charge in [0.05, 0.1) is 18.8 Å². The van der Waals surface area contributed by atoms with E-state index in [0.29, 0.717) is 24.7 Å². The fourth-order valence-electron chi connectivity index (χ4n) is 1.61. The molecule has 112 valence electrons. The van der Waals surface area contributed by atoms with Crippen molar-refractivity contribution in [2.75, 3.05) is 26.8 Å². The monoisotopic (exact) mass is 300 g/mol. The number of nitrogens with one attached hydrogen (secondary N) is 2. The summed E-state index contributed by atoms with van der Waals surface area (Å²) in [5.74, 6) is -0.120. The standard InChI is InChI=1S/C14H21ClN2O3/c1-10(14(19)16-7-8-20-2)17-9-13(18)11-3-5-12(15)6-4-11/h3-6,10,13,17-18H,7-9H2,1-2H3,(H,16,19). The maximum atomic E-state index is 11.7. The number of hydrogen-bond donors (Lipinski definition) is 3. The van der Waals surface area contributed by atoms with Crippen molar-refractivity contribution in [3.8, 4) is 0 Å². The molecule has 0 aromatic heterocycles. The summed E-state index contributed by atoms with van der Waals surface area (Å²) in [7, 11) is 1.58. The smallest absolute Gasteiger partial charge is 0.236 e. The third kappa shape index (κ3) is 5.88. The number of carbonyl (C=O) groups is 1. The van der Waals surface area contributed by atoms with Crippen LogP contribution in [0.1, 0.15) is 18.6 Å². The lowest BCUT2D eigenvalue weighted by molar-refractivity contribution is -0.123. The van der Waals surface area contributed by atoms with Gasteiger partial charge in [0.1, 0.15) is 0 Å². The lowest BCUT2D eigenvalue weighted by Gasteiger charge is -2.17. The summed E-state index contributed by atoms with van der Waals surface area (Å²) in [5.41, 5.74) is 0.758. The zero-order valence-corrected chi connectivity index (χ0v) is 12.5. The zero-order valence-electron chi connectivity index (χ0n) is 11.7. The second-order valence-corrected chi connectivity index (χ2v) is 4.92. The molecule has 0 saturated carbocycles. The summed E-state index contributed by atoms with van der Waals surface area (Å²) in [6.45, 7) is 2.99. The van der Waals surface area contributed by atoms with Gasteiger partial charge in [-0.25, -0.2) is 0 Å². The average molecular weight is 301 g/mol. The topological polar surface area (TPSA) is 70.6 Å². The van der Waals surface area contributed by atoms with Gasteiger partial charge in [-0.05, 0) is 24.6 Å². The Morgan fingerprint density at radius 3 is 2.65 bits per heavy atom. The third-order valence-corrected chi connectivity index (χ3v) is 3.12. The van der Waals surface area contributed by atoms with Crippen molar-refractivity contribution in [2.24, 2.45) is 0 Å². The van der Waals surface area contributed by atoms with Gasteiger partial charge in [0.2, 0.25) is 5.91 Å². The fraction of sp³-hybridized carbons (Fsp3) is 0.500. The van der Waals surface area contributed by atoms with Gasteiger partial charge in [-0.1, -0.05) is 23.7 Å². The van der Waals surface area contributed by atoms with Crippen LogP contribution in [0.5, 0.6) is 0 Å². The molecular weight excluding hydrogens is 280 g/mol. The van der Waals surface area contributed by atoms with Gasteiger partial charge in [-0.2, -0.15) is 0 Å². The van der Waals surface area contributed by atoms with E-state index in [0.717, 1.165) is 5.56 Å². The van der Waals surface area contributed by atoms with E-state index in [1.165, 1.54) is 0 Å². The van der Waals surface area contributed by atoms with Crippen LogP contribution < -0.4 is 10.6 Å². The van der Waals surface area contributed by atoms with Crippen LogP contribution >= 0.6 is 11.6 Å². The first-order valence-corrected chi connectivity index (χ1v) is 6.86. The molecule has 0 aliphatic carbocycles. The highest BCUT2D eigenvalue weighted by Gasteiger charge is 2.14. The molecule has 0 fully saturated rings. The van der Waals surface area contributed by atoms with Crippen LogP contribution in [0.3, 0.4) is 0 Å². The van der Waals surface area contributed by atoms with Crippen molar-refractivity contribution in [1.82, 2.24) is 10.6 Å². The van der Waals surface area contributed by atoms with Gasteiger partial charge in [-0.3, -0.25) is 4.79 Å². The molecule has 1 amide bonds. The summed E-state index contributed by atoms with van der Waals surface area (Å²) >= 11 is 5.79. The Morgan fingerprint density at radius 2 is 2.05 bits per heavy atom. The predicted octanol–water partition coefficient (Wildman–Crippen LogP) is 1.11. The van der Waals surface area contributed by atoms with E-state index in [2.05, 4.69) is 10.6 Å². The SMILES string of the molecule is COCCNC(=O)C(C)NCC(O)c1ccc(Cl)cc1. The molecule has 0 aliphatic heterocycles. The van der Waals surface area contributed by atoms with Gasteiger partial charge < -0.3 is 20.5 Å². The first kappa shape index (κ1) is 16.9. The number of aliphatic hydroxyl groups excluding tert-OH is 1. The molecule has 0 bridgehead atoms. The second kappa shape index (κ2) is 8.92. The van der Waals surface area contributed by atoms with E-state index in [9.17, 15) is 9.90 Å². The van der Waals surface area contributed by atoms with Crippen molar-refractivity contribution < 1.29 is 14.6 Å². The summed E-state index contributed by atoms with van der Waals surface area (Å²) in [6.07, 6.45) is -0.679. The number of ether oxygens (including phenoxy) is 1. The number of rotatable bonds is 8. The molecule has 2 unspecified atom stereocenters. The molecule has 0 radical (unpaired) electrons. The summed E-state index contributed by atoms with van der Waals surface area (Å²) in [5, 5.41) is 16.3. The Morgan fingerprint density at radius 1 is 1.40 bits per heavy atom. The van der Waals surface area contributed by atoms with Crippen LogP contribution in [0.25, 0.3) is 0 Å². The maximum absolute atomic E-state index is 11.7. The Bertz CT molecular complexity index is 411. The van der Waals surface area contributed by atoms with Crippen molar-refractivity contribution in [1.29, 1.82) is 0 Å². The molecular formula is C14H21ClN2O3. The van der Waals surface area contributed by atoms with Crippen molar-refractivity contribution in [2.45, 2.75) is 19.1 Å². The average Bonchev–Trinajstić information content (AvgIpc) is 2.45. The van der Waals surface area contributed by atoms with Gasteiger partial charge in [0, 0.05) is 25.2 Å². The molecule has 2 atom stereocenters. The lowest BCUT2D eigenvalue weighted by Crippen LogP contribution is -2.44. The first-order chi connectivity index (χ1) is 9.54. The molecule has 1 aromatic rings. The minimum Gasteiger partial charge on any atom is -0.387 e. The van der Waals surface area contributed by atoms with Crippen LogP contribution in [-0.2, 0) is 9.53 Å². The molecule has 0 heterocycles. The fourth-order valence-corrected chi connectivity index (χ4v) is 1.74. The Hall–Kier alpha value is -1.14. The van der Waals surface area contributed by atoms with Crippen LogP contribution in [-0.4, -0.2) is 43.9 Å². The second-order valence-electron chi connectivity index (χ2n) is 4.48. The summed E-state index contributed by atoms with van der Waals surface area (Å²) < 4.78 is 4.85. The van der Waals surface area contributed by atoms with Crippen LogP contribution in [0, 0.1) is 0 Å². The van der Waals surface area contributed by atoms with E-state index in [1.54, 1.807) is 38.3 Å². The van der Waals surface area contributed by atoms with Crippen LogP contribution in [0.2, 0.25) is 5.02 Å². The Balaban J connectivity index is 2.34. The van der Waals surface area contributed by atoms with Gasteiger partial charge in [0.25, 0.3) is 0 Å². The number of amides is 1. The van der Waals surface area contributed by atoms with Crippen molar-refractivity contribution >= 4 is 17.5 Å². The van der Waals surface area contributed by atoms with Crippen molar-refractivity contribution in [3.05, 3.63) is 34.9 Å². The van der Waals surface area contributed by atoms with E-state index >= 15 is 0 Å². The summed E-state index contributed by atoms with van der Waals surface area (Å²) in [6, 6.07) is 6.59. The van der Waals surface area contributed by atoms with E-state index < -0.39 is 6.10 Å². The highest BCUT2D eigenvalue weighted by atomic mass is 35.5. The predicted molar refractivity (Wildman–Crippen MR) is 78.8 cm³/mol. The van der Waals surface area contributed by atoms with E-state index in [1.807, 2.05) is 0 Å². The Labute approximate surface area is 124 Å². The molecule has 3 N–H and O–H groups in total. The molecule has 5 nitrogen and oxygen atoms in total. The number of aliphatic hydroxyl groups is 1. The number of halogens is 1. The zero-order chi connectivity index (χ0) is 15.0. The van der Waals surface area contributed by atoms with Gasteiger partial charge in [0.15, 0.2) is 0 Å². The number of methoxy groups -OCH3 is 1. The van der Waals surface area contributed by atoms with Crippen LogP contribution in [0.15, 0.2) is 24.3 Å². The minimum absolute atomic E-state index is 0.120. The minimum atomic E-state index is -0.679. The lowest BCUT2D eigenvalue weighted by atomic mass is 10.1. The van der Waals surface area contributed by atoms with Gasteiger partial charge >= 0.3 is 0 Å². The first-order valence-electron chi connectivity index (χ1n) is 6.48. The van der Waals surface area contributed by atoms with Crippen LogP contribution in [0.4, 0.5) is 0 Å². The number of carbonyl (C=O) groups excluding carboxylic acids is 1. The highest BCUT2D eigenvalue weighted by molar-refractivity contribution is 6.30. The molecule has 1 aromatic carbocycles. The largest absolute Gasteiger partial charge is 0.387 e. The van der Waals surface area contributed by atoms with Crippen molar-refractivity contribution in [3.63, 3.8) is 0 Å². The molecule has 1 rings (SSSR count). The number of benzene rings is 1. The van der Waals surface area contributed by atoms with E-state index in [-0.39, 0.29) is 11.9 Å². The summed E-state index contributed by atoms with van der Waals surface area (Å²) in [4.78, 5) is 11.7. The quantitative estimate of drug-likeness (QED) is 0.629. The highest BCUT2D eigenvalue weighted by Crippen LogP contribution is 2.15. The number of hydrogen-bond acceptors (Lipinski definition) is 4. The molecule has 0 spiro atoms.